The van der Waals surface area contributed by atoms with Gasteiger partial charge in [-0.25, -0.2) is 0 Å². The van der Waals surface area contributed by atoms with Crippen molar-refractivity contribution in [2.45, 2.75) is 13.0 Å². The smallest absolute Gasteiger partial charge is 0.262 e. The Balaban J connectivity index is 2.48. The highest BCUT2D eigenvalue weighted by Crippen LogP contribution is 2.34. The molecule has 1 aliphatic rings. The number of fused-ring (bicyclic) bond motifs is 1. The first-order valence-corrected chi connectivity index (χ1v) is 4.42. The van der Waals surface area contributed by atoms with Crippen molar-refractivity contribution >= 4 is 11.6 Å². The van der Waals surface area contributed by atoms with Crippen LogP contribution in [0.1, 0.15) is 18.6 Å². The van der Waals surface area contributed by atoms with Crippen LogP contribution in [0.2, 0.25) is 0 Å². The molecule has 0 saturated heterocycles. The molecular formula is C10H11NO3. The molecule has 14 heavy (non-hydrogen) atoms. The number of carbonyl (C=O) groups is 1. The molecule has 1 aliphatic heterocycles. The first-order valence-electron chi connectivity index (χ1n) is 4.42. The lowest BCUT2D eigenvalue weighted by Crippen LogP contribution is -2.26. The lowest BCUT2D eigenvalue weighted by atomic mass is 10.1. The number of carbonyl (C=O) groups excluding carboxylic acids is 1. The van der Waals surface area contributed by atoms with Gasteiger partial charge in [0, 0.05) is 5.56 Å². The van der Waals surface area contributed by atoms with Crippen molar-refractivity contribution in [1.82, 2.24) is 0 Å². The largest absolute Gasteiger partial charge is 0.482 e. The number of hydrogen-bond acceptors (Lipinski definition) is 3. The molecule has 2 rings (SSSR count). The second-order valence-corrected chi connectivity index (χ2v) is 3.23. The molecule has 0 bridgehead atoms. The Morgan fingerprint density at radius 3 is 3.07 bits per heavy atom. The Morgan fingerprint density at radius 2 is 2.36 bits per heavy atom. The summed E-state index contributed by atoms with van der Waals surface area (Å²) in [5.41, 5.74) is 1.26. The van der Waals surface area contributed by atoms with Gasteiger partial charge in [-0.15, -0.1) is 0 Å². The van der Waals surface area contributed by atoms with E-state index in [0.29, 0.717) is 17.0 Å². The predicted octanol–water partition coefficient (Wildman–Crippen LogP) is 1.07. The quantitative estimate of drug-likeness (QED) is 0.701. The molecule has 2 N–H and O–H groups in total. The van der Waals surface area contributed by atoms with E-state index in [1.807, 2.05) is 0 Å². The van der Waals surface area contributed by atoms with E-state index in [1.165, 1.54) is 0 Å². The van der Waals surface area contributed by atoms with E-state index >= 15 is 0 Å². The van der Waals surface area contributed by atoms with Crippen LogP contribution in [0.25, 0.3) is 0 Å². The molecule has 1 amide bonds. The SMILES string of the molecule is CC(O)c1cccc2c1NC(=O)CO2. The summed E-state index contributed by atoms with van der Waals surface area (Å²) in [7, 11) is 0. The van der Waals surface area contributed by atoms with E-state index in [9.17, 15) is 9.90 Å². The predicted molar refractivity (Wildman–Crippen MR) is 51.2 cm³/mol. The van der Waals surface area contributed by atoms with E-state index in [2.05, 4.69) is 5.32 Å². The van der Waals surface area contributed by atoms with Crippen LogP contribution in [-0.2, 0) is 4.79 Å². The number of para-hydroxylation sites is 1. The third-order valence-electron chi connectivity index (χ3n) is 2.13. The number of amides is 1. The summed E-state index contributed by atoms with van der Waals surface area (Å²) in [5.74, 6) is 0.425. The van der Waals surface area contributed by atoms with Crippen LogP contribution < -0.4 is 10.1 Å². The van der Waals surface area contributed by atoms with Crippen molar-refractivity contribution in [3.8, 4) is 5.75 Å². The lowest BCUT2D eigenvalue weighted by Gasteiger charge is -2.21. The Kier molecular flexibility index (Phi) is 2.13. The maximum absolute atomic E-state index is 11.1. The Hall–Kier alpha value is -1.55. The van der Waals surface area contributed by atoms with Gasteiger partial charge in [-0.1, -0.05) is 12.1 Å². The van der Waals surface area contributed by atoms with Gasteiger partial charge in [-0.3, -0.25) is 4.79 Å². The fraction of sp³-hybridized carbons (Fsp3) is 0.300. The van der Waals surface area contributed by atoms with Gasteiger partial charge in [0.05, 0.1) is 11.8 Å². The number of anilines is 1. The van der Waals surface area contributed by atoms with Crippen LogP contribution in [0, 0.1) is 0 Å². The summed E-state index contributed by atoms with van der Waals surface area (Å²) >= 11 is 0. The monoisotopic (exact) mass is 193 g/mol. The minimum atomic E-state index is -0.619. The summed E-state index contributed by atoms with van der Waals surface area (Å²) in [4.78, 5) is 11.1. The van der Waals surface area contributed by atoms with Gasteiger partial charge in [-0.2, -0.15) is 0 Å². The molecule has 0 saturated carbocycles. The third kappa shape index (κ3) is 1.44. The third-order valence-corrected chi connectivity index (χ3v) is 2.13. The standard InChI is InChI=1S/C10H11NO3/c1-6(12)7-3-2-4-8-10(7)11-9(13)5-14-8/h2-4,6,12H,5H2,1H3,(H,11,13). The number of nitrogens with one attached hydrogen (secondary N) is 1. The van der Waals surface area contributed by atoms with Gasteiger partial charge in [0.2, 0.25) is 0 Å². The zero-order chi connectivity index (χ0) is 10.1. The molecule has 4 nitrogen and oxygen atoms in total. The topological polar surface area (TPSA) is 58.6 Å². The van der Waals surface area contributed by atoms with Crippen molar-refractivity contribution in [1.29, 1.82) is 0 Å². The summed E-state index contributed by atoms with van der Waals surface area (Å²) in [6, 6.07) is 5.32. The van der Waals surface area contributed by atoms with Crippen molar-refractivity contribution < 1.29 is 14.6 Å². The Bertz CT molecular complexity index is 374. The normalized spacial score (nSPS) is 16.6. The zero-order valence-electron chi connectivity index (χ0n) is 7.78. The van der Waals surface area contributed by atoms with E-state index in [1.54, 1.807) is 25.1 Å². The van der Waals surface area contributed by atoms with Gasteiger partial charge in [0.15, 0.2) is 6.61 Å². The Labute approximate surface area is 81.5 Å². The van der Waals surface area contributed by atoms with Crippen LogP contribution >= 0.6 is 0 Å². The van der Waals surface area contributed by atoms with E-state index in [-0.39, 0.29) is 12.5 Å². The fourth-order valence-electron chi connectivity index (χ4n) is 1.47. The maximum atomic E-state index is 11.1. The van der Waals surface area contributed by atoms with Crippen LogP contribution in [0.15, 0.2) is 18.2 Å². The van der Waals surface area contributed by atoms with Crippen LogP contribution in [-0.4, -0.2) is 17.6 Å². The van der Waals surface area contributed by atoms with Crippen molar-refractivity contribution in [3.05, 3.63) is 23.8 Å². The first-order chi connectivity index (χ1) is 6.68. The van der Waals surface area contributed by atoms with E-state index in [0.717, 1.165) is 0 Å². The molecule has 1 heterocycles. The first kappa shape index (κ1) is 9.02. The van der Waals surface area contributed by atoms with Crippen molar-refractivity contribution in [2.75, 3.05) is 11.9 Å². The minimum Gasteiger partial charge on any atom is -0.482 e. The van der Waals surface area contributed by atoms with Gasteiger partial charge in [0.1, 0.15) is 5.75 Å². The van der Waals surface area contributed by atoms with Crippen molar-refractivity contribution in [3.63, 3.8) is 0 Å². The Morgan fingerprint density at radius 1 is 1.57 bits per heavy atom. The summed E-state index contributed by atoms with van der Waals surface area (Å²) in [6.45, 7) is 1.69. The summed E-state index contributed by atoms with van der Waals surface area (Å²) in [6.07, 6.45) is -0.619. The molecule has 4 heteroatoms. The molecular weight excluding hydrogens is 182 g/mol. The molecule has 0 radical (unpaired) electrons. The average molecular weight is 193 g/mol. The van der Waals surface area contributed by atoms with Crippen LogP contribution in [0.5, 0.6) is 5.75 Å². The highest BCUT2D eigenvalue weighted by atomic mass is 16.5. The van der Waals surface area contributed by atoms with E-state index < -0.39 is 6.10 Å². The van der Waals surface area contributed by atoms with Gasteiger partial charge >= 0.3 is 0 Å². The number of ether oxygens (including phenoxy) is 1. The highest BCUT2D eigenvalue weighted by molar-refractivity contribution is 5.96. The number of rotatable bonds is 1. The summed E-state index contributed by atoms with van der Waals surface area (Å²) in [5, 5.41) is 12.1. The number of benzene rings is 1. The molecule has 1 unspecified atom stereocenters. The molecule has 0 aromatic heterocycles. The molecule has 1 atom stereocenters. The molecule has 0 fully saturated rings. The summed E-state index contributed by atoms with van der Waals surface area (Å²) < 4.78 is 5.20. The number of aliphatic hydroxyl groups is 1. The fourth-order valence-corrected chi connectivity index (χ4v) is 1.47. The van der Waals surface area contributed by atoms with Crippen LogP contribution in [0.4, 0.5) is 5.69 Å². The van der Waals surface area contributed by atoms with Crippen LogP contribution in [0.3, 0.4) is 0 Å². The van der Waals surface area contributed by atoms with E-state index in [4.69, 9.17) is 4.74 Å². The number of aliphatic hydroxyl groups excluding tert-OH is 1. The number of hydrogen-bond donors (Lipinski definition) is 2. The second kappa shape index (κ2) is 3.31. The van der Waals surface area contributed by atoms with Crippen molar-refractivity contribution in [2.24, 2.45) is 0 Å². The van der Waals surface area contributed by atoms with Gasteiger partial charge in [0.25, 0.3) is 5.91 Å². The maximum Gasteiger partial charge on any atom is 0.262 e. The van der Waals surface area contributed by atoms with Gasteiger partial charge < -0.3 is 15.2 Å². The van der Waals surface area contributed by atoms with Gasteiger partial charge in [-0.05, 0) is 13.0 Å². The molecule has 74 valence electrons. The molecule has 1 aromatic rings. The zero-order valence-corrected chi connectivity index (χ0v) is 7.78. The lowest BCUT2D eigenvalue weighted by molar-refractivity contribution is -0.118. The molecule has 0 aliphatic carbocycles. The minimum absolute atomic E-state index is 0.0380. The second-order valence-electron chi connectivity index (χ2n) is 3.23. The highest BCUT2D eigenvalue weighted by Gasteiger charge is 2.20. The average Bonchev–Trinajstić information content (AvgIpc) is 2.16. The molecule has 0 spiro atoms. The molecule has 1 aromatic carbocycles.